The van der Waals surface area contributed by atoms with Gasteiger partial charge >= 0.3 is 0 Å². The fraction of sp³-hybridized carbons (Fsp3) is 0. The van der Waals surface area contributed by atoms with Crippen molar-refractivity contribution in [3.05, 3.63) is 68.7 Å². The second-order valence-electron chi connectivity index (χ2n) is 4.21. The first kappa shape index (κ1) is 15.5. The van der Waals surface area contributed by atoms with Crippen LogP contribution in [-0.2, 0) is 0 Å². The molecule has 1 amide bonds. The van der Waals surface area contributed by atoms with Gasteiger partial charge in [-0.05, 0) is 35.9 Å². The molecule has 8 heteroatoms. The van der Waals surface area contributed by atoms with Gasteiger partial charge in [-0.15, -0.1) is 0 Å². The number of aromatic hydroxyl groups is 1. The molecule has 0 atom stereocenters. The summed E-state index contributed by atoms with van der Waals surface area (Å²) in [6.07, 6.45) is 1.32. The lowest BCUT2D eigenvalue weighted by Crippen LogP contribution is -2.17. The van der Waals surface area contributed by atoms with Crippen molar-refractivity contribution in [2.24, 2.45) is 5.10 Å². The van der Waals surface area contributed by atoms with E-state index in [0.717, 1.165) is 0 Å². The molecule has 0 aliphatic rings. The van der Waals surface area contributed by atoms with E-state index < -0.39 is 10.8 Å². The van der Waals surface area contributed by atoms with Gasteiger partial charge in [0.2, 0.25) is 0 Å². The van der Waals surface area contributed by atoms with E-state index in [4.69, 9.17) is 11.6 Å². The molecule has 0 aromatic heterocycles. The molecule has 0 heterocycles. The molecule has 0 aliphatic carbocycles. The van der Waals surface area contributed by atoms with Gasteiger partial charge in [0, 0.05) is 17.2 Å². The third kappa shape index (κ3) is 3.80. The standard InChI is InChI=1S/C14H10ClN3O4/c15-10-3-6-13(19)12(7-10)14(20)17-16-8-9-1-4-11(5-2-9)18(21)22/h1-8,19H,(H,17,20)/b16-8+. The summed E-state index contributed by atoms with van der Waals surface area (Å²) in [6, 6.07) is 9.70. The summed E-state index contributed by atoms with van der Waals surface area (Å²) in [4.78, 5) is 21.8. The van der Waals surface area contributed by atoms with Crippen molar-refractivity contribution in [2.75, 3.05) is 0 Å². The molecule has 0 aliphatic heterocycles. The Kier molecular flexibility index (Phi) is 4.70. The van der Waals surface area contributed by atoms with Crippen LogP contribution in [0.5, 0.6) is 5.75 Å². The van der Waals surface area contributed by atoms with Gasteiger partial charge in [0.1, 0.15) is 5.75 Å². The number of phenols is 1. The molecule has 112 valence electrons. The highest BCUT2D eigenvalue weighted by molar-refractivity contribution is 6.31. The molecule has 2 N–H and O–H groups in total. The number of halogens is 1. The van der Waals surface area contributed by atoms with Crippen molar-refractivity contribution in [2.45, 2.75) is 0 Å². The van der Waals surface area contributed by atoms with Crippen LogP contribution in [0.1, 0.15) is 15.9 Å². The molecular formula is C14H10ClN3O4. The number of nitrogens with one attached hydrogen (secondary N) is 1. The Morgan fingerprint density at radius 3 is 2.59 bits per heavy atom. The van der Waals surface area contributed by atoms with Crippen LogP contribution in [0.25, 0.3) is 0 Å². The van der Waals surface area contributed by atoms with Crippen molar-refractivity contribution in [3.8, 4) is 5.75 Å². The van der Waals surface area contributed by atoms with Gasteiger partial charge in [-0.3, -0.25) is 14.9 Å². The SMILES string of the molecule is O=C(N/N=C/c1ccc([N+](=O)[O-])cc1)c1cc(Cl)ccc1O. The van der Waals surface area contributed by atoms with Crippen molar-refractivity contribution >= 4 is 29.4 Å². The number of nitrogens with zero attached hydrogens (tertiary/aromatic N) is 2. The van der Waals surface area contributed by atoms with Gasteiger partial charge in [0.25, 0.3) is 11.6 Å². The Balaban J connectivity index is 2.04. The average Bonchev–Trinajstić information content (AvgIpc) is 2.50. The highest BCUT2D eigenvalue weighted by Crippen LogP contribution is 2.21. The van der Waals surface area contributed by atoms with Gasteiger partial charge in [-0.25, -0.2) is 5.43 Å². The Morgan fingerprint density at radius 2 is 1.95 bits per heavy atom. The maximum atomic E-state index is 11.8. The number of carbonyl (C=O) groups excluding carboxylic acids is 1. The van der Waals surface area contributed by atoms with Crippen LogP contribution < -0.4 is 5.43 Å². The molecule has 22 heavy (non-hydrogen) atoms. The summed E-state index contributed by atoms with van der Waals surface area (Å²) in [7, 11) is 0. The first-order valence-corrected chi connectivity index (χ1v) is 6.41. The van der Waals surface area contributed by atoms with Gasteiger partial charge < -0.3 is 5.11 Å². The molecule has 2 rings (SSSR count). The van der Waals surface area contributed by atoms with E-state index >= 15 is 0 Å². The number of benzene rings is 2. The normalized spacial score (nSPS) is 10.6. The quantitative estimate of drug-likeness (QED) is 0.513. The number of non-ortho nitro benzene ring substituents is 1. The first-order chi connectivity index (χ1) is 10.5. The maximum absolute atomic E-state index is 11.8. The molecule has 2 aromatic carbocycles. The van der Waals surface area contributed by atoms with Crippen LogP contribution in [0.15, 0.2) is 47.6 Å². The van der Waals surface area contributed by atoms with Crippen molar-refractivity contribution in [1.29, 1.82) is 0 Å². The summed E-state index contributed by atoms with van der Waals surface area (Å²) >= 11 is 5.75. The van der Waals surface area contributed by atoms with Crippen LogP contribution in [-0.4, -0.2) is 22.2 Å². The summed E-state index contributed by atoms with van der Waals surface area (Å²) in [5.74, 6) is -0.842. The average molecular weight is 320 g/mol. The molecule has 0 spiro atoms. The number of hydrazone groups is 1. The Labute approximate surface area is 130 Å². The predicted octanol–water partition coefficient (Wildman–Crippen LogP) is 2.72. The molecule has 0 fully saturated rings. The number of nitro benzene ring substituents is 1. The first-order valence-electron chi connectivity index (χ1n) is 6.04. The Morgan fingerprint density at radius 1 is 1.27 bits per heavy atom. The fourth-order valence-electron chi connectivity index (χ4n) is 1.60. The van der Waals surface area contributed by atoms with Crippen LogP contribution >= 0.6 is 11.6 Å². The number of nitro groups is 1. The Hall–Kier alpha value is -2.93. The van der Waals surface area contributed by atoms with E-state index in [0.29, 0.717) is 10.6 Å². The van der Waals surface area contributed by atoms with Gasteiger partial charge in [0.15, 0.2) is 0 Å². The fourth-order valence-corrected chi connectivity index (χ4v) is 1.77. The minimum atomic E-state index is -0.627. The van der Waals surface area contributed by atoms with Crippen LogP contribution in [0.2, 0.25) is 5.02 Å². The third-order valence-electron chi connectivity index (χ3n) is 2.69. The molecule has 0 saturated carbocycles. The maximum Gasteiger partial charge on any atom is 0.275 e. The number of hydrogen-bond donors (Lipinski definition) is 2. The van der Waals surface area contributed by atoms with Crippen LogP contribution in [0, 0.1) is 10.1 Å². The lowest BCUT2D eigenvalue weighted by atomic mass is 10.2. The summed E-state index contributed by atoms with van der Waals surface area (Å²) in [6.45, 7) is 0. The zero-order valence-corrected chi connectivity index (χ0v) is 11.8. The summed E-state index contributed by atoms with van der Waals surface area (Å²) in [5.41, 5.74) is 2.76. The lowest BCUT2D eigenvalue weighted by Gasteiger charge is -2.03. The van der Waals surface area contributed by atoms with Crippen molar-refractivity contribution < 1.29 is 14.8 Å². The second-order valence-corrected chi connectivity index (χ2v) is 4.65. The third-order valence-corrected chi connectivity index (χ3v) is 2.92. The molecule has 0 bridgehead atoms. The van der Waals surface area contributed by atoms with E-state index in [1.807, 2.05) is 0 Å². The molecule has 7 nitrogen and oxygen atoms in total. The van der Waals surface area contributed by atoms with E-state index in [1.54, 1.807) is 0 Å². The van der Waals surface area contributed by atoms with Crippen molar-refractivity contribution in [3.63, 3.8) is 0 Å². The zero-order chi connectivity index (χ0) is 16.1. The number of phenolic OH excluding ortho intramolecular Hbond substituents is 1. The minimum absolute atomic E-state index is 0.00616. The topological polar surface area (TPSA) is 105 Å². The Bertz CT molecular complexity index is 744. The molecule has 0 unspecified atom stereocenters. The van der Waals surface area contributed by atoms with Crippen LogP contribution in [0.3, 0.4) is 0 Å². The highest BCUT2D eigenvalue weighted by atomic mass is 35.5. The van der Waals surface area contributed by atoms with Gasteiger partial charge in [-0.1, -0.05) is 11.6 Å². The molecule has 2 aromatic rings. The smallest absolute Gasteiger partial charge is 0.275 e. The molecular weight excluding hydrogens is 310 g/mol. The van der Waals surface area contributed by atoms with Crippen LogP contribution in [0.4, 0.5) is 5.69 Å². The van der Waals surface area contributed by atoms with E-state index in [2.05, 4.69) is 10.5 Å². The highest BCUT2D eigenvalue weighted by Gasteiger charge is 2.10. The van der Waals surface area contributed by atoms with E-state index in [-0.39, 0.29) is 17.0 Å². The minimum Gasteiger partial charge on any atom is -0.507 e. The predicted molar refractivity (Wildman–Crippen MR) is 81.3 cm³/mol. The monoisotopic (exact) mass is 319 g/mol. The van der Waals surface area contributed by atoms with E-state index in [1.165, 1.54) is 48.7 Å². The number of amides is 1. The number of rotatable bonds is 4. The molecule has 0 radical (unpaired) electrons. The number of hydrogen-bond acceptors (Lipinski definition) is 5. The summed E-state index contributed by atoms with van der Waals surface area (Å²) < 4.78 is 0. The second kappa shape index (κ2) is 6.68. The lowest BCUT2D eigenvalue weighted by molar-refractivity contribution is -0.384. The number of carbonyl (C=O) groups is 1. The van der Waals surface area contributed by atoms with Gasteiger partial charge in [0.05, 0.1) is 16.7 Å². The van der Waals surface area contributed by atoms with Crippen molar-refractivity contribution in [1.82, 2.24) is 5.43 Å². The van der Waals surface area contributed by atoms with Gasteiger partial charge in [-0.2, -0.15) is 5.10 Å². The zero-order valence-electron chi connectivity index (χ0n) is 11.1. The molecule has 0 saturated heterocycles. The largest absolute Gasteiger partial charge is 0.507 e. The van der Waals surface area contributed by atoms with E-state index in [9.17, 15) is 20.0 Å². The summed E-state index contributed by atoms with van der Waals surface area (Å²) in [5, 5.41) is 24.1.